The van der Waals surface area contributed by atoms with Crippen molar-refractivity contribution >= 4 is 17.1 Å². The van der Waals surface area contributed by atoms with Gasteiger partial charge < -0.3 is 15.4 Å². The summed E-state index contributed by atoms with van der Waals surface area (Å²) in [5.74, 6) is -0.0858. The van der Waals surface area contributed by atoms with E-state index in [-0.39, 0.29) is 12.5 Å². The lowest BCUT2D eigenvalue weighted by molar-refractivity contribution is -0.123. The van der Waals surface area contributed by atoms with Gasteiger partial charge in [0.15, 0.2) is 5.65 Å². The van der Waals surface area contributed by atoms with E-state index >= 15 is 0 Å². The molecule has 2 aromatic rings. The first kappa shape index (κ1) is 13.5. The van der Waals surface area contributed by atoms with Crippen molar-refractivity contribution in [1.29, 1.82) is 0 Å². The van der Waals surface area contributed by atoms with Gasteiger partial charge in [-0.15, -0.1) is 0 Å². The first-order valence-corrected chi connectivity index (χ1v) is 6.21. The van der Waals surface area contributed by atoms with Gasteiger partial charge in [-0.25, -0.2) is 4.98 Å². The van der Waals surface area contributed by atoms with Gasteiger partial charge in [0.05, 0.1) is 12.1 Å². The molecule has 102 valence electrons. The predicted molar refractivity (Wildman–Crippen MR) is 71.5 cm³/mol. The van der Waals surface area contributed by atoms with Crippen LogP contribution in [0.2, 0.25) is 0 Å². The lowest BCUT2D eigenvalue weighted by Crippen LogP contribution is -2.46. The SMILES string of the molecule is CC(C)(CO)NC(=O)CCc1c[nH]c2nccnc12. The Balaban J connectivity index is 1.97. The van der Waals surface area contributed by atoms with Crippen molar-refractivity contribution in [2.45, 2.75) is 32.2 Å². The highest BCUT2D eigenvalue weighted by Crippen LogP contribution is 2.14. The molecule has 0 aromatic carbocycles. The number of rotatable bonds is 5. The number of hydrogen-bond donors (Lipinski definition) is 3. The maximum Gasteiger partial charge on any atom is 0.220 e. The molecule has 19 heavy (non-hydrogen) atoms. The third kappa shape index (κ3) is 3.29. The van der Waals surface area contributed by atoms with E-state index in [9.17, 15) is 4.79 Å². The summed E-state index contributed by atoms with van der Waals surface area (Å²) in [7, 11) is 0. The highest BCUT2D eigenvalue weighted by molar-refractivity contribution is 5.79. The van der Waals surface area contributed by atoms with Crippen molar-refractivity contribution in [3.63, 3.8) is 0 Å². The summed E-state index contributed by atoms with van der Waals surface area (Å²) in [5, 5.41) is 11.9. The van der Waals surface area contributed by atoms with Crippen LogP contribution in [-0.4, -0.2) is 38.1 Å². The first-order chi connectivity index (χ1) is 9.02. The third-order valence-electron chi connectivity index (χ3n) is 2.88. The van der Waals surface area contributed by atoms with Crippen LogP contribution in [0.25, 0.3) is 11.2 Å². The van der Waals surface area contributed by atoms with Crippen LogP contribution < -0.4 is 5.32 Å². The van der Waals surface area contributed by atoms with E-state index in [2.05, 4.69) is 20.3 Å². The Morgan fingerprint density at radius 2 is 2.16 bits per heavy atom. The lowest BCUT2D eigenvalue weighted by Gasteiger charge is -2.23. The zero-order valence-electron chi connectivity index (χ0n) is 11.1. The summed E-state index contributed by atoms with van der Waals surface area (Å²) in [5.41, 5.74) is 1.92. The fourth-order valence-corrected chi connectivity index (χ4v) is 1.82. The molecule has 0 fully saturated rings. The molecule has 6 nitrogen and oxygen atoms in total. The first-order valence-electron chi connectivity index (χ1n) is 6.21. The molecular weight excluding hydrogens is 244 g/mol. The average molecular weight is 262 g/mol. The van der Waals surface area contributed by atoms with Gasteiger partial charge in [0.25, 0.3) is 0 Å². The molecule has 3 N–H and O–H groups in total. The van der Waals surface area contributed by atoms with Crippen molar-refractivity contribution in [2.24, 2.45) is 0 Å². The van der Waals surface area contributed by atoms with Gasteiger partial charge in [0.1, 0.15) is 5.52 Å². The van der Waals surface area contributed by atoms with Gasteiger partial charge in [-0.1, -0.05) is 0 Å². The van der Waals surface area contributed by atoms with Crippen LogP contribution in [0.15, 0.2) is 18.6 Å². The Kier molecular flexibility index (Phi) is 3.80. The summed E-state index contributed by atoms with van der Waals surface area (Å²) in [4.78, 5) is 23.2. The third-order valence-corrected chi connectivity index (χ3v) is 2.88. The summed E-state index contributed by atoms with van der Waals surface area (Å²) in [6, 6.07) is 0. The van der Waals surface area contributed by atoms with Crippen LogP contribution in [0.3, 0.4) is 0 Å². The number of fused-ring (bicyclic) bond motifs is 1. The number of carbonyl (C=O) groups is 1. The second-order valence-corrected chi connectivity index (χ2v) is 5.16. The number of nitrogens with zero attached hydrogens (tertiary/aromatic N) is 2. The van der Waals surface area contributed by atoms with Crippen LogP contribution in [0.1, 0.15) is 25.8 Å². The molecule has 0 aliphatic heterocycles. The van der Waals surface area contributed by atoms with Gasteiger partial charge in [-0.2, -0.15) is 0 Å². The van der Waals surface area contributed by atoms with E-state index < -0.39 is 5.54 Å². The molecular formula is C13H18N4O2. The van der Waals surface area contributed by atoms with E-state index in [0.717, 1.165) is 16.7 Å². The van der Waals surface area contributed by atoms with Gasteiger partial charge in [0.2, 0.25) is 5.91 Å². The van der Waals surface area contributed by atoms with Gasteiger partial charge >= 0.3 is 0 Å². The van der Waals surface area contributed by atoms with Gasteiger partial charge in [-0.05, 0) is 25.8 Å². The molecule has 0 bridgehead atoms. The molecule has 1 amide bonds. The molecule has 0 radical (unpaired) electrons. The second-order valence-electron chi connectivity index (χ2n) is 5.16. The quantitative estimate of drug-likeness (QED) is 0.742. The lowest BCUT2D eigenvalue weighted by atomic mass is 10.1. The Morgan fingerprint density at radius 1 is 1.42 bits per heavy atom. The summed E-state index contributed by atoms with van der Waals surface area (Å²) < 4.78 is 0. The highest BCUT2D eigenvalue weighted by atomic mass is 16.3. The van der Waals surface area contributed by atoms with E-state index in [0.29, 0.717) is 12.8 Å². The maximum atomic E-state index is 11.8. The van der Waals surface area contributed by atoms with Gasteiger partial charge in [0, 0.05) is 25.0 Å². The number of amides is 1. The smallest absolute Gasteiger partial charge is 0.220 e. The Bertz CT molecular complexity index is 577. The topological polar surface area (TPSA) is 90.9 Å². The van der Waals surface area contributed by atoms with Gasteiger partial charge in [-0.3, -0.25) is 9.78 Å². The minimum Gasteiger partial charge on any atom is -0.394 e. The normalized spacial score (nSPS) is 11.7. The maximum absolute atomic E-state index is 11.8. The van der Waals surface area contributed by atoms with Crippen LogP contribution >= 0.6 is 0 Å². The zero-order chi connectivity index (χ0) is 13.9. The van der Waals surface area contributed by atoms with E-state index in [4.69, 9.17) is 5.11 Å². The van der Waals surface area contributed by atoms with Crippen molar-refractivity contribution in [2.75, 3.05) is 6.61 Å². The Hall–Kier alpha value is -1.95. The number of aromatic amines is 1. The van der Waals surface area contributed by atoms with Crippen LogP contribution in [0, 0.1) is 0 Å². The molecule has 2 aromatic heterocycles. The summed E-state index contributed by atoms with van der Waals surface area (Å²) >= 11 is 0. The molecule has 0 saturated carbocycles. The molecule has 0 unspecified atom stereocenters. The van der Waals surface area contributed by atoms with Crippen molar-refractivity contribution in [1.82, 2.24) is 20.3 Å². The summed E-state index contributed by atoms with van der Waals surface area (Å²) in [6.07, 6.45) is 6.03. The predicted octanol–water partition coefficient (Wildman–Crippen LogP) is 0.778. The number of aromatic nitrogens is 3. The largest absolute Gasteiger partial charge is 0.394 e. The number of aliphatic hydroxyl groups excluding tert-OH is 1. The minimum absolute atomic E-state index is 0.0858. The number of carbonyl (C=O) groups excluding carboxylic acids is 1. The van der Waals surface area contributed by atoms with E-state index in [1.165, 1.54) is 0 Å². The van der Waals surface area contributed by atoms with Crippen LogP contribution in [-0.2, 0) is 11.2 Å². The number of aryl methyl sites for hydroxylation is 1. The fraction of sp³-hybridized carbons (Fsp3) is 0.462. The highest BCUT2D eigenvalue weighted by Gasteiger charge is 2.19. The second kappa shape index (κ2) is 5.36. The number of hydrogen-bond acceptors (Lipinski definition) is 4. The number of H-pyrrole nitrogens is 1. The molecule has 0 aliphatic rings. The van der Waals surface area contributed by atoms with Crippen LogP contribution in [0.5, 0.6) is 0 Å². The fourth-order valence-electron chi connectivity index (χ4n) is 1.82. The molecule has 0 spiro atoms. The number of nitrogens with one attached hydrogen (secondary N) is 2. The molecule has 0 saturated heterocycles. The van der Waals surface area contributed by atoms with Crippen molar-refractivity contribution < 1.29 is 9.90 Å². The van der Waals surface area contributed by atoms with Crippen LogP contribution in [0.4, 0.5) is 0 Å². The standard InChI is InChI=1S/C13H18N4O2/c1-13(2,8-18)17-10(19)4-3-9-7-16-12-11(9)14-5-6-15-12/h5-7,18H,3-4,8H2,1-2H3,(H,15,16)(H,17,19). The zero-order valence-corrected chi connectivity index (χ0v) is 11.1. The van der Waals surface area contributed by atoms with Crippen molar-refractivity contribution in [3.05, 3.63) is 24.2 Å². The minimum atomic E-state index is -0.586. The molecule has 6 heteroatoms. The monoisotopic (exact) mass is 262 g/mol. The molecule has 2 heterocycles. The molecule has 0 aliphatic carbocycles. The van der Waals surface area contributed by atoms with Crippen molar-refractivity contribution in [3.8, 4) is 0 Å². The Labute approximate surface area is 111 Å². The summed E-state index contributed by atoms with van der Waals surface area (Å²) in [6.45, 7) is 3.47. The van der Waals surface area contributed by atoms with E-state index in [1.807, 2.05) is 6.20 Å². The van der Waals surface area contributed by atoms with E-state index in [1.54, 1.807) is 26.2 Å². The number of aliphatic hydroxyl groups is 1. The average Bonchev–Trinajstić information content (AvgIpc) is 2.79. The molecule has 2 rings (SSSR count). The Morgan fingerprint density at radius 3 is 2.89 bits per heavy atom. The molecule has 0 atom stereocenters.